The third-order valence-corrected chi connectivity index (χ3v) is 5.15. The van der Waals surface area contributed by atoms with Gasteiger partial charge in [-0.3, -0.25) is 9.48 Å². The quantitative estimate of drug-likeness (QED) is 0.876. The van der Waals surface area contributed by atoms with E-state index in [9.17, 15) is 4.79 Å². The molecule has 6 nitrogen and oxygen atoms in total. The number of carbonyl (C=O) groups is 1. The molecule has 1 aromatic heterocycles. The molecule has 2 aliphatic rings. The van der Waals surface area contributed by atoms with Gasteiger partial charge in [-0.2, -0.15) is 5.10 Å². The second-order valence-electron chi connectivity index (χ2n) is 6.63. The van der Waals surface area contributed by atoms with E-state index in [2.05, 4.69) is 28.4 Å². The van der Waals surface area contributed by atoms with Crippen molar-refractivity contribution in [3.8, 4) is 0 Å². The monoisotopic (exact) mass is 319 g/mol. The molecule has 1 N–H and O–H groups in total. The van der Waals surface area contributed by atoms with E-state index >= 15 is 0 Å². The first-order chi connectivity index (χ1) is 11.3. The van der Waals surface area contributed by atoms with E-state index in [0.29, 0.717) is 18.2 Å². The number of nitrogens with zero attached hydrogens (tertiary/aromatic N) is 4. The maximum absolute atomic E-state index is 12.2. The molecule has 0 aromatic carbocycles. The topological polar surface area (TPSA) is 53.4 Å². The van der Waals surface area contributed by atoms with Gasteiger partial charge in [-0.05, 0) is 44.3 Å². The number of hydrogen-bond acceptors (Lipinski definition) is 4. The summed E-state index contributed by atoms with van der Waals surface area (Å²) in [7, 11) is 0. The zero-order chi connectivity index (χ0) is 16.1. The maximum atomic E-state index is 12.2. The van der Waals surface area contributed by atoms with Gasteiger partial charge >= 0.3 is 0 Å². The van der Waals surface area contributed by atoms with E-state index in [1.54, 1.807) is 0 Å². The van der Waals surface area contributed by atoms with Crippen LogP contribution in [0.25, 0.3) is 0 Å². The van der Waals surface area contributed by atoms with Gasteiger partial charge in [0.05, 0.1) is 6.20 Å². The van der Waals surface area contributed by atoms with Crippen LogP contribution in [0.4, 0.5) is 0 Å². The number of rotatable bonds is 5. The summed E-state index contributed by atoms with van der Waals surface area (Å²) >= 11 is 0. The molecule has 0 spiro atoms. The van der Waals surface area contributed by atoms with Gasteiger partial charge in [-0.25, -0.2) is 0 Å². The predicted molar refractivity (Wildman–Crippen MR) is 90.4 cm³/mol. The van der Waals surface area contributed by atoms with Gasteiger partial charge in [0, 0.05) is 51.9 Å². The van der Waals surface area contributed by atoms with Gasteiger partial charge in [-0.15, -0.1) is 0 Å². The molecule has 6 heteroatoms. The summed E-state index contributed by atoms with van der Waals surface area (Å²) in [6.07, 6.45) is 7.24. The number of piperazine rings is 1. The number of piperidine rings is 1. The predicted octanol–water partition coefficient (Wildman–Crippen LogP) is 0.904. The Kier molecular flexibility index (Phi) is 5.67. The van der Waals surface area contributed by atoms with Gasteiger partial charge in [0.15, 0.2) is 0 Å². The van der Waals surface area contributed by atoms with Crippen LogP contribution in [0.5, 0.6) is 0 Å². The van der Waals surface area contributed by atoms with Crippen molar-refractivity contribution in [3.05, 3.63) is 18.0 Å². The van der Waals surface area contributed by atoms with Gasteiger partial charge in [0.1, 0.15) is 0 Å². The molecule has 0 atom stereocenters. The van der Waals surface area contributed by atoms with Crippen LogP contribution in [-0.4, -0.2) is 71.3 Å². The van der Waals surface area contributed by atoms with Crippen LogP contribution >= 0.6 is 0 Å². The summed E-state index contributed by atoms with van der Waals surface area (Å²) in [4.78, 5) is 16.7. The Bertz CT molecular complexity index is 501. The van der Waals surface area contributed by atoms with Crippen LogP contribution in [0.1, 0.15) is 37.7 Å². The first-order valence-corrected chi connectivity index (χ1v) is 8.99. The van der Waals surface area contributed by atoms with E-state index in [-0.39, 0.29) is 0 Å². The fraction of sp³-hybridized carbons (Fsp3) is 0.765. The van der Waals surface area contributed by atoms with Crippen LogP contribution < -0.4 is 5.32 Å². The summed E-state index contributed by atoms with van der Waals surface area (Å²) < 4.78 is 2.01. The Hall–Kier alpha value is -1.40. The molecule has 0 unspecified atom stereocenters. The summed E-state index contributed by atoms with van der Waals surface area (Å²) in [5.41, 5.74) is 1.38. The summed E-state index contributed by atoms with van der Waals surface area (Å²) in [5.74, 6) is 0.952. The van der Waals surface area contributed by atoms with Crippen molar-refractivity contribution in [2.45, 2.75) is 38.6 Å². The van der Waals surface area contributed by atoms with E-state index in [1.165, 1.54) is 18.4 Å². The van der Waals surface area contributed by atoms with Gasteiger partial charge in [-0.1, -0.05) is 0 Å². The molecule has 2 fully saturated rings. The van der Waals surface area contributed by atoms with Crippen molar-refractivity contribution in [3.63, 3.8) is 0 Å². The van der Waals surface area contributed by atoms with Crippen LogP contribution in [0.2, 0.25) is 0 Å². The third kappa shape index (κ3) is 4.32. The molecular weight excluding hydrogens is 290 g/mol. The lowest BCUT2D eigenvalue weighted by atomic mass is 9.91. The van der Waals surface area contributed by atoms with Crippen molar-refractivity contribution in [1.29, 1.82) is 0 Å². The van der Waals surface area contributed by atoms with Crippen LogP contribution in [-0.2, 0) is 11.3 Å². The van der Waals surface area contributed by atoms with E-state index < -0.39 is 0 Å². The van der Waals surface area contributed by atoms with Crippen molar-refractivity contribution < 1.29 is 4.79 Å². The Morgan fingerprint density at radius 3 is 2.65 bits per heavy atom. The highest BCUT2D eigenvalue weighted by Crippen LogP contribution is 2.27. The first-order valence-electron chi connectivity index (χ1n) is 8.99. The lowest BCUT2D eigenvalue weighted by Gasteiger charge is -2.32. The summed E-state index contributed by atoms with van der Waals surface area (Å²) in [5, 5.41) is 7.68. The zero-order valence-electron chi connectivity index (χ0n) is 14.2. The molecule has 2 saturated heterocycles. The lowest BCUT2D eigenvalue weighted by molar-refractivity contribution is -0.132. The fourth-order valence-corrected chi connectivity index (χ4v) is 3.58. The highest BCUT2D eigenvalue weighted by molar-refractivity contribution is 5.76. The molecule has 0 bridgehead atoms. The van der Waals surface area contributed by atoms with Crippen LogP contribution in [0.15, 0.2) is 12.4 Å². The minimum Gasteiger partial charge on any atom is -0.340 e. The third-order valence-electron chi connectivity index (χ3n) is 5.15. The molecule has 0 radical (unpaired) electrons. The summed E-state index contributed by atoms with van der Waals surface area (Å²) in [6, 6.07) is 0. The number of aryl methyl sites for hydroxylation is 1. The highest BCUT2D eigenvalue weighted by Gasteiger charge is 2.23. The zero-order valence-corrected chi connectivity index (χ0v) is 14.2. The average molecular weight is 319 g/mol. The number of nitrogens with one attached hydrogen (secondary N) is 1. The van der Waals surface area contributed by atoms with Crippen molar-refractivity contribution in [1.82, 2.24) is 24.9 Å². The second-order valence-corrected chi connectivity index (χ2v) is 6.63. The number of carbonyl (C=O) groups excluding carboxylic acids is 1. The number of amides is 1. The Labute approximate surface area is 138 Å². The van der Waals surface area contributed by atoms with Crippen LogP contribution in [0.3, 0.4) is 0 Å². The number of aromatic nitrogens is 2. The van der Waals surface area contributed by atoms with Crippen molar-refractivity contribution in [2.75, 3.05) is 45.8 Å². The highest BCUT2D eigenvalue weighted by atomic mass is 16.2. The smallest absolute Gasteiger partial charge is 0.223 e. The van der Waals surface area contributed by atoms with E-state index in [1.807, 2.05) is 15.8 Å². The molecule has 1 aromatic rings. The molecule has 0 saturated carbocycles. The number of hydrogen-bond donors (Lipinski definition) is 1. The summed E-state index contributed by atoms with van der Waals surface area (Å²) in [6.45, 7) is 9.74. The average Bonchev–Trinajstić information content (AvgIpc) is 3.10. The first kappa shape index (κ1) is 16.5. The Morgan fingerprint density at radius 1 is 1.26 bits per heavy atom. The molecule has 3 rings (SSSR count). The Morgan fingerprint density at radius 2 is 2.00 bits per heavy atom. The molecule has 23 heavy (non-hydrogen) atoms. The molecule has 1 amide bonds. The maximum Gasteiger partial charge on any atom is 0.223 e. The molecule has 128 valence electrons. The van der Waals surface area contributed by atoms with Crippen molar-refractivity contribution >= 4 is 5.91 Å². The normalized spacial score (nSPS) is 20.8. The van der Waals surface area contributed by atoms with Crippen molar-refractivity contribution in [2.24, 2.45) is 0 Å². The van der Waals surface area contributed by atoms with Gasteiger partial charge < -0.3 is 15.1 Å². The Balaban J connectivity index is 1.39. The largest absolute Gasteiger partial charge is 0.340 e. The molecule has 2 aliphatic heterocycles. The second kappa shape index (κ2) is 7.93. The molecule has 3 heterocycles. The van der Waals surface area contributed by atoms with Crippen LogP contribution in [0, 0.1) is 0 Å². The molecular formula is C17H29N5O. The van der Waals surface area contributed by atoms with E-state index in [0.717, 1.165) is 52.4 Å². The number of likely N-dealkylation sites (tertiary alicyclic amines) is 1. The SMILES string of the molecule is CCn1cc(C2CCN(CCC(=O)N3CCNCC3)CC2)cn1. The fourth-order valence-electron chi connectivity index (χ4n) is 3.58. The lowest BCUT2D eigenvalue weighted by Crippen LogP contribution is -2.47. The minimum absolute atomic E-state index is 0.317. The standard InChI is InChI=1S/C17H29N5O/c1-2-22-14-16(13-19-22)15-3-8-20(9-4-15)10-5-17(23)21-11-6-18-7-12-21/h13-15,18H,2-12H2,1H3. The van der Waals surface area contributed by atoms with Gasteiger partial charge in [0.2, 0.25) is 5.91 Å². The van der Waals surface area contributed by atoms with E-state index in [4.69, 9.17) is 0 Å². The minimum atomic E-state index is 0.317. The van der Waals surface area contributed by atoms with Gasteiger partial charge in [0.25, 0.3) is 0 Å². The molecule has 0 aliphatic carbocycles.